The van der Waals surface area contributed by atoms with Crippen molar-refractivity contribution in [1.82, 2.24) is 10.2 Å². The summed E-state index contributed by atoms with van der Waals surface area (Å²) in [7, 11) is 2.28. The Morgan fingerprint density at radius 3 is 2.33 bits per heavy atom. The lowest BCUT2D eigenvalue weighted by Crippen LogP contribution is -2.39. The molecule has 2 nitrogen and oxygen atoms in total. The largest absolute Gasteiger partial charge is 0.314 e. The van der Waals surface area contributed by atoms with Crippen LogP contribution in [-0.4, -0.2) is 36.6 Å². The van der Waals surface area contributed by atoms with Gasteiger partial charge in [0, 0.05) is 18.1 Å². The maximum absolute atomic E-state index is 3.59. The Balaban J connectivity index is 2.14. The Morgan fingerprint density at radius 2 is 1.87 bits per heavy atom. The minimum absolute atomic E-state index is 0.709. The normalized spacial score (nSPS) is 18.8. The maximum atomic E-state index is 3.59. The number of hydrogen-bond donors (Lipinski definition) is 1. The first-order valence-electron chi connectivity index (χ1n) is 6.64. The third-order valence-corrected chi connectivity index (χ3v) is 3.79. The van der Waals surface area contributed by atoms with Gasteiger partial charge in [0.15, 0.2) is 0 Å². The second-order valence-corrected chi connectivity index (χ2v) is 5.00. The van der Waals surface area contributed by atoms with Gasteiger partial charge in [-0.25, -0.2) is 0 Å². The first-order chi connectivity index (χ1) is 7.19. The molecule has 1 rings (SSSR count). The third-order valence-electron chi connectivity index (χ3n) is 3.79. The second-order valence-electron chi connectivity index (χ2n) is 5.00. The lowest BCUT2D eigenvalue weighted by Gasteiger charge is -2.32. The highest BCUT2D eigenvalue weighted by atomic mass is 15.2. The van der Waals surface area contributed by atoms with E-state index in [-0.39, 0.29) is 0 Å². The van der Waals surface area contributed by atoms with Crippen LogP contribution < -0.4 is 5.32 Å². The predicted molar refractivity (Wildman–Crippen MR) is 67.2 cm³/mol. The zero-order valence-corrected chi connectivity index (χ0v) is 10.9. The van der Waals surface area contributed by atoms with E-state index >= 15 is 0 Å². The van der Waals surface area contributed by atoms with Gasteiger partial charge in [0.1, 0.15) is 0 Å². The topological polar surface area (TPSA) is 15.3 Å². The van der Waals surface area contributed by atoms with Crippen LogP contribution in [0.5, 0.6) is 0 Å². The summed E-state index contributed by atoms with van der Waals surface area (Å²) in [5.41, 5.74) is 0. The van der Waals surface area contributed by atoms with Crippen LogP contribution in [0.3, 0.4) is 0 Å². The van der Waals surface area contributed by atoms with E-state index in [1.165, 1.54) is 38.6 Å². The molecule has 0 bridgehead atoms. The van der Waals surface area contributed by atoms with E-state index in [1.54, 1.807) is 0 Å². The Kier molecular flexibility index (Phi) is 5.62. The van der Waals surface area contributed by atoms with Crippen LogP contribution >= 0.6 is 0 Å². The number of hydrogen-bond acceptors (Lipinski definition) is 2. The highest BCUT2D eigenvalue weighted by Crippen LogP contribution is 2.19. The summed E-state index contributed by atoms with van der Waals surface area (Å²) < 4.78 is 0. The maximum Gasteiger partial charge on any atom is 0.00897 e. The van der Waals surface area contributed by atoms with Crippen molar-refractivity contribution < 1.29 is 0 Å². The quantitative estimate of drug-likeness (QED) is 0.665. The number of nitrogens with zero attached hydrogens (tertiary/aromatic N) is 1. The van der Waals surface area contributed by atoms with E-state index in [2.05, 4.69) is 38.0 Å². The van der Waals surface area contributed by atoms with Crippen molar-refractivity contribution in [2.75, 3.05) is 13.6 Å². The molecule has 1 saturated carbocycles. The van der Waals surface area contributed by atoms with E-state index in [0.717, 1.165) is 12.1 Å². The van der Waals surface area contributed by atoms with Gasteiger partial charge in [-0.1, -0.05) is 13.8 Å². The molecule has 1 fully saturated rings. The van der Waals surface area contributed by atoms with Gasteiger partial charge < -0.3 is 10.2 Å². The summed E-state index contributed by atoms with van der Waals surface area (Å²) in [6, 6.07) is 2.33. The van der Waals surface area contributed by atoms with Crippen LogP contribution in [0.1, 0.15) is 52.9 Å². The molecule has 0 aliphatic heterocycles. The lowest BCUT2D eigenvalue weighted by molar-refractivity contribution is 0.166. The highest BCUT2D eigenvalue weighted by molar-refractivity contribution is 4.81. The molecule has 2 heteroatoms. The molecule has 0 heterocycles. The Labute approximate surface area is 95.4 Å². The summed E-state index contributed by atoms with van der Waals surface area (Å²) in [5, 5.41) is 3.59. The molecule has 0 amide bonds. The minimum Gasteiger partial charge on any atom is -0.314 e. The molecule has 1 aliphatic rings. The van der Waals surface area contributed by atoms with Crippen LogP contribution in [0.2, 0.25) is 0 Å². The smallest absolute Gasteiger partial charge is 0.00897 e. The van der Waals surface area contributed by atoms with Crippen LogP contribution in [0.25, 0.3) is 0 Å². The van der Waals surface area contributed by atoms with Gasteiger partial charge in [0.25, 0.3) is 0 Å². The van der Waals surface area contributed by atoms with Crippen LogP contribution in [-0.2, 0) is 0 Å². The van der Waals surface area contributed by atoms with Crippen molar-refractivity contribution in [2.45, 2.75) is 71.0 Å². The Bertz CT molecular complexity index is 162. The van der Waals surface area contributed by atoms with E-state index in [1.807, 2.05) is 0 Å². The third kappa shape index (κ3) is 4.52. The summed E-state index contributed by atoms with van der Waals surface area (Å²) in [6.45, 7) is 8.13. The van der Waals surface area contributed by atoms with Gasteiger partial charge in [0.05, 0.1) is 0 Å². The molecule has 0 aromatic carbocycles. The fraction of sp³-hybridized carbons (Fsp3) is 1.00. The van der Waals surface area contributed by atoms with E-state index in [9.17, 15) is 0 Å². The molecular weight excluding hydrogens is 184 g/mol. The summed E-state index contributed by atoms with van der Waals surface area (Å²) >= 11 is 0. The van der Waals surface area contributed by atoms with Crippen molar-refractivity contribution in [2.24, 2.45) is 0 Å². The zero-order chi connectivity index (χ0) is 11.3. The van der Waals surface area contributed by atoms with Gasteiger partial charge >= 0.3 is 0 Å². The van der Waals surface area contributed by atoms with Gasteiger partial charge in [-0.2, -0.15) is 0 Å². The van der Waals surface area contributed by atoms with Crippen molar-refractivity contribution in [3.63, 3.8) is 0 Å². The molecule has 0 spiro atoms. The molecule has 1 aliphatic carbocycles. The molecule has 1 N–H and O–H groups in total. The van der Waals surface area contributed by atoms with Crippen molar-refractivity contribution in [3.05, 3.63) is 0 Å². The molecule has 0 aromatic heterocycles. The van der Waals surface area contributed by atoms with Gasteiger partial charge in [-0.3, -0.25) is 0 Å². The van der Waals surface area contributed by atoms with Gasteiger partial charge in [-0.15, -0.1) is 0 Å². The van der Waals surface area contributed by atoms with Crippen molar-refractivity contribution >= 4 is 0 Å². The SMILES string of the molecule is CCC(CC)N(C)C(C)CCNC1CC1. The fourth-order valence-corrected chi connectivity index (χ4v) is 2.21. The van der Waals surface area contributed by atoms with Gasteiger partial charge in [-0.05, 0) is 52.6 Å². The van der Waals surface area contributed by atoms with Crippen LogP contribution in [0.15, 0.2) is 0 Å². The zero-order valence-electron chi connectivity index (χ0n) is 10.9. The summed E-state index contributed by atoms with van der Waals surface area (Å²) in [4.78, 5) is 2.55. The molecule has 0 radical (unpaired) electrons. The molecule has 90 valence electrons. The minimum atomic E-state index is 0.709. The second kappa shape index (κ2) is 6.49. The Hall–Kier alpha value is -0.0800. The van der Waals surface area contributed by atoms with E-state index < -0.39 is 0 Å². The number of rotatable bonds is 8. The average molecular weight is 212 g/mol. The highest BCUT2D eigenvalue weighted by Gasteiger charge is 2.21. The molecule has 1 atom stereocenters. The molecule has 0 aromatic rings. The first kappa shape index (κ1) is 13.0. The lowest BCUT2D eigenvalue weighted by atomic mass is 10.1. The molecule has 15 heavy (non-hydrogen) atoms. The molecular formula is C13H28N2. The van der Waals surface area contributed by atoms with Crippen LogP contribution in [0, 0.1) is 0 Å². The van der Waals surface area contributed by atoms with Crippen LogP contribution in [0.4, 0.5) is 0 Å². The average Bonchev–Trinajstić information content (AvgIpc) is 3.03. The predicted octanol–water partition coefficient (Wildman–Crippen LogP) is 2.64. The monoisotopic (exact) mass is 212 g/mol. The van der Waals surface area contributed by atoms with Crippen molar-refractivity contribution in [1.29, 1.82) is 0 Å². The van der Waals surface area contributed by atoms with E-state index in [0.29, 0.717) is 6.04 Å². The molecule has 1 unspecified atom stereocenters. The first-order valence-corrected chi connectivity index (χ1v) is 6.64. The van der Waals surface area contributed by atoms with Crippen molar-refractivity contribution in [3.8, 4) is 0 Å². The summed E-state index contributed by atoms with van der Waals surface area (Å²) in [6.07, 6.45) is 6.62. The number of nitrogens with one attached hydrogen (secondary N) is 1. The fourth-order valence-electron chi connectivity index (χ4n) is 2.21. The molecule has 0 saturated heterocycles. The van der Waals surface area contributed by atoms with Gasteiger partial charge in [0.2, 0.25) is 0 Å². The van der Waals surface area contributed by atoms with E-state index in [4.69, 9.17) is 0 Å². The standard InChI is InChI=1S/C13H28N2/c1-5-13(6-2)15(4)11(3)9-10-14-12-7-8-12/h11-14H,5-10H2,1-4H3. The Morgan fingerprint density at radius 1 is 1.27 bits per heavy atom. The summed E-state index contributed by atoms with van der Waals surface area (Å²) in [5.74, 6) is 0.